The van der Waals surface area contributed by atoms with Gasteiger partial charge in [-0.25, -0.2) is 4.39 Å². The number of likely N-dealkylation sites (tertiary alicyclic amines) is 1. The molecule has 1 aliphatic rings. The first-order valence-corrected chi connectivity index (χ1v) is 7.34. The smallest absolute Gasteiger partial charge is 0.123 e. The summed E-state index contributed by atoms with van der Waals surface area (Å²) in [7, 11) is 0. The number of hydrogen-bond acceptors (Lipinski definition) is 2. The monoisotopic (exact) mass is 264 g/mol. The van der Waals surface area contributed by atoms with Gasteiger partial charge in [-0.05, 0) is 49.5 Å². The number of nitrogens with zero attached hydrogens (tertiary/aromatic N) is 1. The molecular weight excluding hydrogens is 239 g/mol. The number of hydrogen-bond donors (Lipinski definition) is 1. The van der Waals surface area contributed by atoms with Crippen LogP contribution in [0.15, 0.2) is 24.3 Å². The summed E-state index contributed by atoms with van der Waals surface area (Å²) in [6.07, 6.45) is 2.50. The second-order valence-corrected chi connectivity index (χ2v) is 5.95. The first kappa shape index (κ1) is 14.5. The van der Waals surface area contributed by atoms with Gasteiger partial charge in [0.25, 0.3) is 0 Å². The molecule has 106 valence electrons. The van der Waals surface area contributed by atoms with E-state index in [0.717, 1.165) is 31.7 Å². The van der Waals surface area contributed by atoms with Crippen molar-refractivity contribution in [3.05, 3.63) is 35.6 Å². The fraction of sp³-hybridized carbons (Fsp3) is 0.625. The molecule has 2 nitrogen and oxygen atoms in total. The molecule has 1 unspecified atom stereocenters. The molecule has 0 bridgehead atoms. The Morgan fingerprint density at radius 2 is 2.26 bits per heavy atom. The fourth-order valence-corrected chi connectivity index (χ4v) is 2.74. The predicted molar refractivity (Wildman–Crippen MR) is 77.5 cm³/mol. The third-order valence-electron chi connectivity index (χ3n) is 3.71. The van der Waals surface area contributed by atoms with Gasteiger partial charge in [0.15, 0.2) is 0 Å². The highest BCUT2D eigenvalue weighted by atomic mass is 19.1. The van der Waals surface area contributed by atoms with E-state index in [1.807, 2.05) is 6.07 Å². The second-order valence-electron chi connectivity index (χ2n) is 5.95. The molecule has 0 spiro atoms. The minimum Gasteiger partial charge on any atom is -0.315 e. The molecule has 0 aliphatic carbocycles. The van der Waals surface area contributed by atoms with Crippen molar-refractivity contribution < 1.29 is 4.39 Å². The van der Waals surface area contributed by atoms with Crippen LogP contribution in [0.3, 0.4) is 0 Å². The van der Waals surface area contributed by atoms with E-state index in [1.54, 1.807) is 12.1 Å². The summed E-state index contributed by atoms with van der Waals surface area (Å²) in [6, 6.07) is 7.57. The van der Waals surface area contributed by atoms with Crippen molar-refractivity contribution in [1.82, 2.24) is 10.2 Å². The summed E-state index contributed by atoms with van der Waals surface area (Å²) < 4.78 is 13.2. The molecule has 1 aromatic carbocycles. The quantitative estimate of drug-likeness (QED) is 0.849. The van der Waals surface area contributed by atoms with Gasteiger partial charge in [-0.3, -0.25) is 4.90 Å². The zero-order chi connectivity index (χ0) is 13.7. The lowest BCUT2D eigenvalue weighted by Crippen LogP contribution is -2.38. The van der Waals surface area contributed by atoms with Gasteiger partial charge in [0.05, 0.1) is 0 Å². The van der Waals surface area contributed by atoms with Crippen LogP contribution >= 0.6 is 0 Å². The van der Waals surface area contributed by atoms with Gasteiger partial charge in [-0.2, -0.15) is 0 Å². The van der Waals surface area contributed by atoms with Gasteiger partial charge in [0, 0.05) is 19.1 Å². The Morgan fingerprint density at radius 3 is 3.00 bits per heavy atom. The second kappa shape index (κ2) is 7.01. The average Bonchev–Trinajstić information content (AvgIpc) is 2.76. The van der Waals surface area contributed by atoms with Crippen molar-refractivity contribution in [2.45, 2.75) is 39.3 Å². The van der Waals surface area contributed by atoms with Crippen LogP contribution in [0.2, 0.25) is 0 Å². The molecule has 1 fully saturated rings. The van der Waals surface area contributed by atoms with Crippen LogP contribution in [0.5, 0.6) is 0 Å². The summed E-state index contributed by atoms with van der Waals surface area (Å²) >= 11 is 0. The molecule has 0 aromatic heterocycles. The van der Waals surface area contributed by atoms with Crippen LogP contribution in [0.25, 0.3) is 0 Å². The van der Waals surface area contributed by atoms with E-state index in [9.17, 15) is 4.39 Å². The van der Waals surface area contributed by atoms with Crippen molar-refractivity contribution >= 4 is 0 Å². The molecule has 3 heteroatoms. The maximum Gasteiger partial charge on any atom is 0.123 e. The van der Waals surface area contributed by atoms with E-state index in [-0.39, 0.29) is 5.82 Å². The highest BCUT2D eigenvalue weighted by Gasteiger charge is 2.24. The number of nitrogens with one attached hydrogen (secondary N) is 1. The summed E-state index contributed by atoms with van der Waals surface area (Å²) in [5, 5.41) is 3.54. The van der Waals surface area contributed by atoms with Crippen molar-refractivity contribution in [2.24, 2.45) is 5.92 Å². The molecule has 1 saturated heterocycles. The van der Waals surface area contributed by atoms with Gasteiger partial charge in [0.1, 0.15) is 5.82 Å². The first-order chi connectivity index (χ1) is 9.15. The first-order valence-electron chi connectivity index (χ1n) is 7.34. The molecule has 19 heavy (non-hydrogen) atoms. The van der Waals surface area contributed by atoms with Crippen LogP contribution < -0.4 is 5.32 Å². The van der Waals surface area contributed by atoms with Crippen molar-refractivity contribution in [3.63, 3.8) is 0 Å². The van der Waals surface area contributed by atoms with Gasteiger partial charge in [0.2, 0.25) is 0 Å². The molecule has 1 aromatic rings. The van der Waals surface area contributed by atoms with E-state index < -0.39 is 0 Å². The van der Waals surface area contributed by atoms with Crippen LogP contribution in [-0.4, -0.2) is 30.6 Å². The Kier molecular flexibility index (Phi) is 5.34. The summed E-state index contributed by atoms with van der Waals surface area (Å²) in [5.74, 6) is 0.559. The molecule has 1 atom stereocenters. The van der Waals surface area contributed by atoms with E-state index >= 15 is 0 Å². The molecule has 1 N–H and O–H groups in total. The van der Waals surface area contributed by atoms with Crippen LogP contribution in [-0.2, 0) is 6.54 Å². The Hall–Kier alpha value is -0.930. The lowest BCUT2D eigenvalue weighted by Gasteiger charge is -2.25. The lowest BCUT2D eigenvalue weighted by atomic mass is 10.1. The topological polar surface area (TPSA) is 15.3 Å². The van der Waals surface area contributed by atoms with Gasteiger partial charge < -0.3 is 5.32 Å². The standard InChI is InChI=1S/C16H25FN2/c1-13(2)10-18-11-16-7-4-8-19(16)12-14-5-3-6-15(17)9-14/h3,5-6,9,13,16,18H,4,7-8,10-12H2,1-2H3. The minimum absolute atomic E-state index is 0.133. The van der Waals surface area contributed by atoms with Crippen LogP contribution in [0, 0.1) is 11.7 Å². The average molecular weight is 264 g/mol. The maximum atomic E-state index is 13.2. The summed E-state index contributed by atoms with van der Waals surface area (Å²) in [5.41, 5.74) is 1.08. The number of benzene rings is 1. The van der Waals surface area contributed by atoms with E-state index in [1.165, 1.54) is 18.9 Å². The zero-order valence-electron chi connectivity index (χ0n) is 12.0. The zero-order valence-corrected chi connectivity index (χ0v) is 12.0. The third kappa shape index (κ3) is 4.59. The Bertz CT molecular complexity index is 392. The molecule has 0 radical (unpaired) electrons. The number of rotatable bonds is 6. The molecule has 2 rings (SSSR count). The van der Waals surface area contributed by atoms with Crippen LogP contribution in [0.1, 0.15) is 32.3 Å². The number of halogens is 1. The largest absolute Gasteiger partial charge is 0.315 e. The van der Waals surface area contributed by atoms with Crippen LogP contribution in [0.4, 0.5) is 4.39 Å². The summed E-state index contributed by atoms with van der Waals surface area (Å²) in [4.78, 5) is 2.47. The van der Waals surface area contributed by atoms with Crippen molar-refractivity contribution in [1.29, 1.82) is 0 Å². The van der Waals surface area contributed by atoms with Gasteiger partial charge in [-0.15, -0.1) is 0 Å². The molecule has 0 saturated carbocycles. The highest BCUT2D eigenvalue weighted by molar-refractivity contribution is 5.16. The van der Waals surface area contributed by atoms with Crippen molar-refractivity contribution in [3.8, 4) is 0 Å². The SMILES string of the molecule is CC(C)CNCC1CCCN1Cc1cccc(F)c1. The third-order valence-corrected chi connectivity index (χ3v) is 3.71. The Balaban J connectivity index is 1.84. The Labute approximate surface area is 116 Å². The normalized spacial score (nSPS) is 20.3. The Morgan fingerprint density at radius 1 is 1.42 bits per heavy atom. The predicted octanol–water partition coefficient (Wildman–Crippen LogP) is 3.04. The lowest BCUT2D eigenvalue weighted by molar-refractivity contribution is 0.237. The van der Waals surface area contributed by atoms with Crippen molar-refractivity contribution in [2.75, 3.05) is 19.6 Å². The van der Waals surface area contributed by atoms with Gasteiger partial charge in [-0.1, -0.05) is 26.0 Å². The molecule has 0 amide bonds. The maximum absolute atomic E-state index is 13.2. The van der Waals surface area contributed by atoms with E-state index in [0.29, 0.717) is 12.0 Å². The molecular formula is C16H25FN2. The van der Waals surface area contributed by atoms with Gasteiger partial charge >= 0.3 is 0 Å². The minimum atomic E-state index is -0.133. The van der Waals surface area contributed by atoms with E-state index in [2.05, 4.69) is 24.1 Å². The van der Waals surface area contributed by atoms with E-state index in [4.69, 9.17) is 0 Å². The molecule has 1 heterocycles. The molecule has 1 aliphatic heterocycles. The fourth-order valence-electron chi connectivity index (χ4n) is 2.74. The summed E-state index contributed by atoms with van der Waals surface area (Å²) in [6.45, 7) is 8.58. The highest BCUT2D eigenvalue weighted by Crippen LogP contribution is 2.19.